The quantitative estimate of drug-likeness (QED) is 0.778. The molecule has 0 bridgehead atoms. The smallest absolute Gasteiger partial charge is 0.00367 e. The molecular formula is C13H21N. The molecule has 0 radical (unpaired) electrons. The van der Waals surface area contributed by atoms with Gasteiger partial charge in [0.05, 0.1) is 0 Å². The highest BCUT2D eigenvalue weighted by Gasteiger charge is 2.17. The zero-order chi connectivity index (χ0) is 10.6. The van der Waals surface area contributed by atoms with Crippen LogP contribution in [-0.2, 0) is 11.8 Å². The first-order valence-corrected chi connectivity index (χ1v) is 5.39. The van der Waals surface area contributed by atoms with E-state index in [0.29, 0.717) is 0 Å². The minimum Gasteiger partial charge on any atom is -0.330 e. The first-order chi connectivity index (χ1) is 6.60. The van der Waals surface area contributed by atoms with E-state index in [4.69, 9.17) is 5.73 Å². The summed E-state index contributed by atoms with van der Waals surface area (Å²) >= 11 is 0. The van der Waals surface area contributed by atoms with Crippen molar-refractivity contribution in [2.45, 2.75) is 39.0 Å². The average Bonchev–Trinajstić information content (AvgIpc) is 2.19. The fourth-order valence-corrected chi connectivity index (χ4v) is 1.52. The molecule has 78 valence electrons. The minimum absolute atomic E-state index is 0.282. The van der Waals surface area contributed by atoms with Gasteiger partial charge in [-0.2, -0.15) is 0 Å². The predicted octanol–water partition coefficient (Wildman–Crippen LogP) is 2.88. The van der Waals surface area contributed by atoms with Gasteiger partial charge in [-0.3, -0.25) is 0 Å². The Balaban J connectivity index is 2.93. The summed E-state index contributed by atoms with van der Waals surface area (Å²) in [6, 6.07) is 8.79. The second-order valence-corrected chi connectivity index (χ2v) is 4.48. The maximum Gasteiger partial charge on any atom is -0.00367 e. The highest BCUT2D eigenvalue weighted by molar-refractivity contribution is 5.29. The van der Waals surface area contributed by atoms with Gasteiger partial charge in [0.1, 0.15) is 0 Å². The van der Waals surface area contributed by atoms with Crippen molar-refractivity contribution in [3.63, 3.8) is 0 Å². The van der Waals surface area contributed by atoms with Crippen LogP contribution >= 0.6 is 0 Å². The molecule has 0 amide bonds. The van der Waals surface area contributed by atoms with E-state index in [0.717, 1.165) is 13.0 Å². The van der Waals surface area contributed by atoms with Gasteiger partial charge >= 0.3 is 0 Å². The summed E-state index contributed by atoms with van der Waals surface area (Å²) in [5.74, 6) is 0. The van der Waals surface area contributed by atoms with Gasteiger partial charge in [0, 0.05) is 0 Å². The van der Waals surface area contributed by atoms with E-state index in [-0.39, 0.29) is 5.41 Å². The van der Waals surface area contributed by atoms with Crippen molar-refractivity contribution in [3.05, 3.63) is 35.4 Å². The SMILES string of the molecule is CCC(C)(C)c1cccc(CCN)c1. The first kappa shape index (κ1) is 11.3. The van der Waals surface area contributed by atoms with Crippen LogP contribution < -0.4 is 5.73 Å². The van der Waals surface area contributed by atoms with Crippen LogP contribution in [0.15, 0.2) is 24.3 Å². The summed E-state index contributed by atoms with van der Waals surface area (Å²) in [7, 11) is 0. The van der Waals surface area contributed by atoms with E-state index in [1.165, 1.54) is 17.5 Å². The lowest BCUT2D eigenvalue weighted by atomic mass is 9.81. The second kappa shape index (κ2) is 4.61. The molecule has 0 saturated carbocycles. The van der Waals surface area contributed by atoms with Crippen LogP contribution in [0.1, 0.15) is 38.3 Å². The Bertz CT molecular complexity index is 289. The standard InChI is InChI=1S/C13H21N/c1-4-13(2,3)12-7-5-6-11(10-12)8-9-14/h5-7,10H,4,8-9,14H2,1-3H3. The molecule has 1 rings (SSSR count). The summed E-state index contributed by atoms with van der Waals surface area (Å²) in [6.07, 6.45) is 2.15. The Morgan fingerprint density at radius 3 is 2.57 bits per heavy atom. The van der Waals surface area contributed by atoms with E-state index in [9.17, 15) is 0 Å². The van der Waals surface area contributed by atoms with Crippen LogP contribution in [0.4, 0.5) is 0 Å². The molecule has 0 aliphatic rings. The van der Waals surface area contributed by atoms with Crippen molar-refractivity contribution < 1.29 is 0 Å². The molecule has 2 N–H and O–H groups in total. The van der Waals surface area contributed by atoms with E-state index in [1.54, 1.807) is 0 Å². The van der Waals surface area contributed by atoms with Crippen LogP contribution in [0, 0.1) is 0 Å². The van der Waals surface area contributed by atoms with Gasteiger partial charge in [-0.1, -0.05) is 45.0 Å². The molecular weight excluding hydrogens is 170 g/mol. The lowest BCUT2D eigenvalue weighted by Crippen LogP contribution is -2.15. The molecule has 1 aromatic carbocycles. The number of hydrogen-bond donors (Lipinski definition) is 1. The van der Waals surface area contributed by atoms with Crippen molar-refractivity contribution in [1.29, 1.82) is 0 Å². The third-order valence-electron chi connectivity index (χ3n) is 3.03. The third kappa shape index (κ3) is 2.58. The maximum atomic E-state index is 5.55. The summed E-state index contributed by atoms with van der Waals surface area (Å²) < 4.78 is 0. The van der Waals surface area contributed by atoms with Crippen molar-refractivity contribution in [3.8, 4) is 0 Å². The Labute approximate surface area is 87.3 Å². The summed E-state index contributed by atoms with van der Waals surface area (Å²) in [6.45, 7) is 7.54. The number of hydrogen-bond acceptors (Lipinski definition) is 1. The first-order valence-electron chi connectivity index (χ1n) is 5.39. The van der Waals surface area contributed by atoms with E-state index in [1.807, 2.05) is 0 Å². The van der Waals surface area contributed by atoms with Gasteiger partial charge < -0.3 is 5.73 Å². The van der Waals surface area contributed by atoms with Crippen molar-refractivity contribution >= 4 is 0 Å². The van der Waals surface area contributed by atoms with Crippen molar-refractivity contribution in [1.82, 2.24) is 0 Å². The lowest BCUT2D eigenvalue weighted by molar-refractivity contribution is 0.505. The molecule has 0 fully saturated rings. The molecule has 0 aliphatic carbocycles. The molecule has 1 aromatic rings. The summed E-state index contributed by atoms with van der Waals surface area (Å²) in [5.41, 5.74) is 8.61. The molecule has 1 nitrogen and oxygen atoms in total. The highest BCUT2D eigenvalue weighted by atomic mass is 14.5. The van der Waals surface area contributed by atoms with Gasteiger partial charge in [0.15, 0.2) is 0 Å². The molecule has 14 heavy (non-hydrogen) atoms. The minimum atomic E-state index is 0.282. The van der Waals surface area contributed by atoms with Crippen molar-refractivity contribution in [2.75, 3.05) is 6.54 Å². The Kier molecular flexibility index (Phi) is 3.70. The molecule has 0 aromatic heterocycles. The fourth-order valence-electron chi connectivity index (χ4n) is 1.52. The molecule has 1 heteroatoms. The van der Waals surface area contributed by atoms with Crippen LogP contribution in [0.3, 0.4) is 0 Å². The number of benzene rings is 1. The largest absolute Gasteiger partial charge is 0.330 e. The van der Waals surface area contributed by atoms with Crippen LogP contribution in [0.25, 0.3) is 0 Å². The normalized spacial score (nSPS) is 11.7. The third-order valence-corrected chi connectivity index (χ3v) is 3.03. The highest BCUT2D eigenvalue weighted by Crippen LogP contribution is 2.27. The summed E-state index contributed by atoms with van der Waals surface area (Å²) in [4.78, 5) is 0. The molecule has 0 saturated heterocycles. The van der Waals surface area contributed by atoms with Gasteiger partial charge in [0.2, 0.25) is 0 Å². The Morgan fingerprint density at radius 2 is 2.00 bits per heavy atom. The molecule has 0 spiro atoms. The summed E-state index contributed by atoms with van der Waals surface area (Å²) in [5, 5.41) is 0. The topological polar surface area (TPSA) is 26.0 Å². The molecule has 0 unspecified atom stereocenters. The zero-order valence-electron chi connectivity index (χ0n) is 9.51. The number of nitrogens with two attached hydrogens (primary N) is 1. The molecule has 0 aliphatic heterocycles. The van der Waals surface area contributed by atoms with Crippen LogP contribution in [-0.4, -0.2) is 6.54 Å². The fraction of sp³-hybridized carbons (Fsp3) is 0.538. The van der Waals surface area contributed by atoms with Gasteiger partial charge in [-0.05, 0) is 35.9 Å². The van der Waals surface area contributed by atoms with Gasteiger partial charge in [0.25, 0.3) is 0 Å². The molecule has 0 heterocycles. The van der Waals surface area contributed by atoms with E-state index >= 15 is 0 Å². The molecule has 0 atom stereocenters. The van der Waals surface area contributed by atoms with E-state index < -0.39 is 0 Å². The average molecular weight is 191 g/mol. The van der Waals surface area contributed by atoms with Crippen LogP contribution in [0.2, 0.25) is 0 Å². The second-order valence-electron chi connectivity index (χ2n) is 4.48. The van der Waals surface area contributed by atoms with Gasteiger partial charge in [-0.15, -0.1) is 0 Å². The Morgan fingerprint density at radius 1 is 1.29 bits per heavy atom. The maximum absolute atomic E-state index is 5.55. The lowest BCUT2D eigenvalue weighted by Gasteiger charge is -2.23. The number of rotatable bonds is 4. The zero-order valence-corrected chi connectivity index (χ0v) is 9.51. The Hall–Kier alpha value is -0.820. The monoisotopic (exact) mass is 191 g/mol. The van der Waals surface area contributed by atoms with E-state index in [2.05, 4.69) is 45.0 Å². The predicted molar refractivity (Wildman–Crippen MR) is 62.5 cm³/mol. The van der Waals surface area contributed by atoms with Gasteiger partial charge in [-0.25, -0.2) is 0 Å². The van der Waals surface area contributed by atoms with Crippen molar-refractivity contribution in [2.24, 2.45) is 5.73 Å². The van der Waals surface area contributed by atoms with Crippen LogP contribution in [0.5, 0.6) is 0 Å².